The number of nitrogens with zero attached hydrogens (tertiary/aromatic N) is 4. The molecule has 0 aliphatic carbocycles. The van der Waals surface area contributed by atoms with Crippen molar-refractivity contribution in [1.82, 2.24) is 9.97 Å². The van der Waals surface area contributed by atoms with E-state index in [2.05, 4.69) is 86.2 Å². The molecule has 5 aromatic rings. The number of hydrogen-bond donors (Lipinski definition) is 0. The van der Waals surface area contributed by atoms with E-state index in [4.69, 9.17) is 28.9 Å². The third kappa shape index (κ3) is 4.60. The van der Waals surface area contributed by atoms with Crippen molar-refractivity contribution < 1.29 is 18.9 Å². The molecule has 0 radical (unpaired) electrons. The Morgan fingerprint density at radius 3 is 1.47 bits per heavy atom. The van der Waals surface area contributed by atoms with E-state index in [1.54, 1.807) is 12.4 Å². The van der Waals surface area contributed by atoms with E-state index < -0.39 is 0 Å². The van der Waals surface area contributed by atoms with Crippen molar-refractivity contribution in [1.29, 1.82) is 0 Å². The molecule has 0 amide bonds. The molecule has 0 spiro atoms. The summed E-state index contributed by atoms with van der Waals surface area (Å²) >= 11 is 0. The van der Waals surface area contributed by atoms with Gasteiger partial charge in [-0.1, -0.05) is 42.5 Å². The lowest BCUT2D eigenvalue weighted by Crippen LogP contribution is -2.57. The lowest BCUT2D eigenvalue weighted by molar-refractivity contribution is 0.279. The highest BCUT2D eigenvalue weighted by Gasteiger charge is 2.41. The monoisotopic (exact) mass is 618 g/mol. The molecular weight excluding hydrogens is 587 g/mol. The first-order valence-corrected chi connectivity index (χ1v) is 15.8. The fraction of sp³-hybridized carbons (Fsp3) is 0.211. The first-order valence-electron chi connectivity index (χ1n) is 15.8. The number of ether oxygens (including phenoxy) is 4. The third-order valence-corrected chi connectivity index (χ3v) is 8.98. The molecule has 4 aliphatic rings. The van der Waals surface area contributed by atoms with E-state index in [1.165, 1.54) is 0 Å². The van der Waals surface area contributed by atoms with Crippen LogP contribution in [0.3, 0.4) is 0 Å². The molecule has 0 saturated carbocycles. The van der Waals surface area contributed by atoms with E-state index in [9.17, 15) is 0 Å². The fourth-order valence-electron chi connectivity index (χ4n) is 6.80. The smallest absolute Gasteiger partial charge is 0.260 e. The molecule has 0 saturated heterocycles. The van der Waals surface area contributed by atoms with E-state index in [-0.39, 0.29) is 17.8 Å². The second-order valence-electron chi connectivity index (χ2n) is 13.7. The van der Waals surface area contributed by atoms with Gasteiger partial charge in [-0.2, -0.15) is 0 Å². The van der Waals surface area contributed by atoms with Crippen molar-refractivity contribution in [2.45, 2.75) is 38.8 Å². The molecule has 0 fully saturated rings. The normalized spacial score (nSPS) is 17.6. The summed E-state index contributed by atoms with van der Waals surface area (Å²) in [4.78, 5) is 18.7. The van der Waals surface area contributed by atoms with Crippen molar-refractivity contribution in [2.24, 2.45) is 9.98 Å². The van der Waals surface area contributed by atoms with Crippen molar-refractivity contribution >= 4 is 34.9 Å². The van der Waals surface area contributed by atoms with Crippen LogP contribution in [0.4, 0.5) is 0 Å². The molecule has 6 heterocycles. The van der Waals surface area contributed by atoms with Crippen molar-refractivity contribution in [3.8, 4) is 45.3 Å². The SMILES string of the molecule is CC1(C)COC(c2cncc(-c3cccc4c3Oc3cccc5c3B4c3cccc(-c4cncc(C6=NC(C)(C)CO6)c4)c3O5)c2)=N1. The molecule has 3 aromatic carbocycles. The van der Waals surface area contributed by atoms with Crippen LogP contribution in [0, 0.1) is 0 Å². The molecule has 9 rings (SSSR count). The van der Waals surface area contributed by atoms with E-state index in [0.29, 0.717) is 25.0 Å². The summed E-state index contributed by atoms with van der Waals surface area (Å²) in [5.74, 6) is 4.39. The van der Waals surface area contributed by atoms with Crippen LogP contribution in [0.15, 0.2) is 102 Å². The summed E-state index contributed by atoms with van der Waals surface area (Å²) in [5.41, 5.74) is 8.08. The quantitative estimate of drug-likeness (QED) is 0.237. The number of para-hydroxylation sites is 2. The second-order valence-corrected chi connectivity index (χ2v) is 13.7. The van der Waals surface area contributed by atoms with Crippen LogP contribution in [0.1, 0.15) is 38.8 Å². The summed E-state index contributed by atoms with van der Waals surface area (Å²) in [6.45, 7) is 9.24. The number of rotatable bonds is 4. The standard InChI is InChI=1S/C38H31BN4O4/c1-37(2)20-44-35(42-37)24-14-22(16-40-18-24)26-8-5-10-28-33(26)46-30-12-7-13-31-32(30)39(28)29-11-6-9-27(34(29)47-31)23-15-25(19-41-17-23)36-43-38(3,4)21-45-36/h5-19H,20-21H2,1-4H3. The highest BCUT2D eigenvalue weighted by atomic mass is 16.5. The van der Waals surface area contributed by atoms with Crippen LogP contribution in [0.25, 0.3) is 22.3 Å². The minimum absolute atomic E-state index is 0.104. The summed E-state index contributed by atoms with van der Waals surface area (Å²) in [5, 5.41) is 0. The minimum atomic E-state index is -0.260. The van der Waals surface area contributed by atoms with Gasteiger partial charge in [0.15, 0.2) is 0 Å². The summed E-state index contributed by atoms with van der Waals surface area (Å²) in [6, 6.07) is 22.8. The van der Waals surface area contributed by atoms with Crippen molar-refractivity contribution in [3.63, 3.8) is 0 Å². The molecule has 9 heteroatoms. The predicted octanol–water partition coefficient (Wildman–Crippen LogP) is 5.65. The van der Waals surface area contributed by atoms with Gasteiger partial charge in [0.05, 0.1) is 22.2 Å². The average molecular weight is 619 g/mol. The Labute approximate surface area is 273 Å². The molecular formula is C38H31BN4O4. The molecule has 0 atom stereocenters. The van der Waals surface area contributed by atoms with Gasteiger partial charge >= 0.3 is 0 Å². The van der Waals surface area contributed by atoms with Crippen LogP contribution in [-0.2, 0) is 9.47 Å². The Morgan fingerprint density at radius 2 is 1.02 bits per heavy atom. The third-order valence-electron chi connectivity index (χ3n) is 8.98. The summed E-state index contributed by atoms with van der Waals surface area (Å²) in [7, 11) is 0. The van der Waals surface area contributed by atoms with Gasteiger partial charge in [0.2, 0.25) is 11.8 Å². The minimum Gasteiger partial charge on any atom is -0.475 e. The van der Waals surface area contributed by atoms with Gasteiger partial charge in [-0.15, -0.1) is 0 Å². The maximum Gasteiger partial charge on any atom is 0.260 e. The lowest BCUT2D eigenvalue weighted by atomic mass is 9.34. The zero-order valence-electron chi connectivity index (χ0n) is 26.6. The van der Waals surface area contributed by atoms with Crippen LogP contribution in [0.2, 0.25) is 0 Å². The topological polar surface area (TPSA) is 87.4 Å². The molecule has 0 N–H and O–H groups in total. The molecule has 230 valence electrons. The lowest BCUT2D eigenvalue weighted by Gasteiger charge is -2.34. The fourth-order valence-corrected chi connectivity index (χ4v) is 6.80. The Bertz CT molecular complexity index is 2040. The van der Waals surface area contributed by atoms with Gasteiger partial charge in [-0.05, 0) is 62.9 Å². The van der Waals surface area contributed by atoms with Crippen LogP contribution < -0.4 is 25.9 Å². The first-order chi connectivity index (χ1) is 22.7. The molecule has 2 aromatic heterocycles. The maximum atomic E-state index is 6.72. The van der Waals surface area contributed by atoms with E-state index >= 15 is 0 Å². The largest absolute Gasteiger partial charge is 0.475 e. The van der Waals surface area contributed by atoms with Gasteiger partial charge in [-0.25, -0.2) is 9.98 Å². The Balaban J connectivity index is 1.17. The highest BCUT2D eigenvalue weighted by molar-refractivity contribution is 6.98. The van der Waals surface area contributed by atoms with Crippen LogP contribution >= 0.6 is 0 Å². The number of benzene rings is 3. The average Bonchev–Trinajstić information content (AvgIpc) is 3.64. The molecule has 0 bridgehead atoms. The number of aromatic nitrogens is 2. The highest BCUT2D eigenvalue weighted by Crippen LogP contribution is 2.41. The maximum absolute atomic E-state index is 6.72. The van der Waals surface area contributed by atoms with E-state index in [1.807, 2.05) is 30.6 Å². The van der Waals surface area contributed by atoms with Crippen LogP contribution in [0.5, 0.6) is 23.0 Å². The van der Waals surface area contributed by atoms with E-state index in [0.717, 1.165) is 72.8 Å². The zero-order valence-corrected chi connectivity index (χ0v) is 26.6. The van der Waals surface area contributed by atoms with Gasteiger partial charge in [-0.3, -0.25) is 9.97 Å². The molecule has 0 unspecified atom stereocenters. The first kappa shape index (κ1) is 27.8. The Morgan fingerprint density at radius 1 is 0.574 bits per heavy atom. The van der Waals surface area contributed by atoms with Gasteiger partial charge in [0, 0.05) is 52.5 Å². The predicted molar refractivity (Wildman–Crippen MR) is 184 cm³/mol. The Kier molecular flexibility index (Phi) is 5.94. The number of aliphatic imine (C=N–C) groups is 2. The summed E-state index contributed by atoms with van der Waals surface area (Å²) < 4.78 is 25.3. The number of hydrogen-bond acceptors (Lipinski definition) is 8. The zero-order chi connectivity index (χ0) is 31.9. The van der Waals surface area contributed by atoms with Gasteiger partial charge < -0.3 is 18.9 Å². The molecule has 47 heavy (non-hydrogen) atoms. The van der Waals surface area contributed by atoms with Crippen LogP contribution in [-0.4, -0.2) is 52.8 Å². The Hall–Kier alpha value is -5.44. The molecule has 4 aliphatic heterocycles. The van der Waals surface area contributed by atoms with Crippen molar-refractivity contribution in [3.05, 3.63) is 103 Å². The number of pyridine rings is 2. The number of fused-ring (bicyclic) bond motifs is 4. The second kappa shape index (κ2) is 10.0. The van der Waals surface area contributed by atoms with Gasteiger partial charge in [0.1, 0.15) is 36.2 Å². The molecule has 8 nitrogen and oxygen atoms in total. The van der Waals surface area contributed by atoms with Crippen molar-refractivity contribution in [2.75, 3.05) is 13.2 Å². The van der Waals surface area contributed by atoms with Gasteiger partial charge in [0.25, 0.3) is 6.71 Å². The summed E-state index contributed by atoms with van der Waals surface area (Å²) in [6.07, 6.45) is 7.33.